The molecule has 0 bridgehead atoms. The van der Waals surface area contributed by atoms with Crippen LogP contribution >= 0.6 is 11.8 Å². The molecule has 0 radical (unpaired) electrons. The number of rotatable bonds is 4. The van der Waals surface area contributed by atoms with Crippen molar-refractivity contribution in [2.75, 3.05) is 12.3 Å². The minimum atomic E-state index is 0.175. The lowest BCUT2D eigenvalue weighted by Gasteiger charge is -2.06. The summed E-state index contributed by atoms with van der Waals surface area (Å²) < 4.78 is 0. The first-order chi connectivity index (χ1) is 7.36. The van der Waals surface area contributed by atoms with Crippen LogP contribution in [-0.2, 0) is 0 Å². The SMILES string of the molecule is O=C(CSC1CNNN1)c1ccccc1. The highest BCUT2D eigenvalue weighted by molar-refractivity contribution is 8.00. The van der Waals surface area contributed by atoms with Crippen LogP contribution in [0.5, 0.6) is 0 Å². The Kier molecular flexibility index (Phi) is 3.74. The fourth-order valence-electron chi connectivity index (χ4n) is 1.31. The second-order valence-electron chi connectivity index (χ2n) is 3.24. The molecule has 0 spiro atoms. The molecular weight excluding hydrogens is 210 g/mol. The van der Waals surface area contributed by atoms with Crippen molar-refractivity contribution in [2.45, 2.75) is 5.37 Å². The molecule has 0 amide bonds. The topological polar surface area (TPSA) is 53.2 Å². The molecule has 0 saturated carbocycles. The summed E-state index contributed by atoms with van der Waals surface area (Å²) >= 11 is 1.60. The number of benzene rings is 1. The van der Waals surface area contributed by atoms with Crippen LogP contribution in [0.3, 0.4) is 0 Å². The zero-order chi connectivity index (χ0) is 10.5. The average Bonchev–Trinajstić information content (AvgIpc) is 2.80. The number of hydrogen-bond donors (Lipinski definition) is 3. The molecule has 1 fully saturated rings. The fourth-order valence-corrected chi connectivity index (χ4v) is 2.17. The second kappa shape index (κ2) is 5.27. The highest BCUT2D eigenvalue weighted by Crippen LogP contribution is 2.11. The maximum atomic E-state index is 11.7. The number of carbonyl (C=O) groups excluding carboxylic acids is 1. The summed E-state index contributed by atoms with van der Waals surface area (Å²) in [6.45, 7) is 0.826. The maximum Gasteiger partial charge on any atom is 0.172 e. The number of hydrazine groups is 2. The first kappa shape index (κ1) is 10.6. The van der Waals surface area contributed by atoms with Gasteiger partial charge in [0.05, 0.1) is 11.1 Å². The lowest BCUT2D eigenvalue weighted by Crippen LogP contribution is -2.32. The summed E-state index contributed by atoms with van der Waals surface area (Å²) in [7, 11) is 0. The summed E-state index contributed by atoms with van der Waals surface area (Å²) in [5.41, 5.74) is 9.54. The van der Waals surface area contributed by atoms with Gasteiger partial charge in [-0.25, -0.2) is 10.9 Å². The first-order valence-electron chi connectivity index (χ1n) is 4.79. The summed E-state index contributed by atoms with van der Waals surface area (Å²) in [4.78, 5) is 11.7. The van der Waals surface area contributed by atoms with Crippen LogP contribution in [0.4, 0.5) is 0 Å². The molecule has 2 rings (SSSR count). The second-order valence-corrected chi connectivity index (χ2v) is 4.43. The predicted octanol–water partition coefficient (Wildman–Crippen LogP) is 0.541. The van der Waals surface area contributed by atoms with Gasteiger partial charge in [0.15, 0.2) is 5.78 Å². The third kappa shape index (κ3) is 3.04. The quantitative estimate of drug-likeness (QED) is 0.651. The summed E-state index contributed by atoms with van der Waals surface area (Å²) in [5, 5.41) is 0.262. The molecule has 1 aliphatic rings. The van der Waals surface area contributed by atoms with E-state index in [1.807, 2.05) is 30.3 Å². The summed E-state index contributed by atoms with van der Waals surface area (Å²) in [5.74, 6) is 0.680. The van der Waals surface area contributed by atoms with Gasteiger partial charge in [0.1, 0.15) is 0 Å². The Labute approximate surface area is 92.8 Å². The predicted molar refractivity (Wildman–Crippen MR) is 61.3 cm³/mol. The maximum absolute atomic E-state index is 11.7. The standard InChI is InChI=1S/C10H13N3OS/c14-9(8-4-2-1-3-5-8)7-15-10-6-11-13-12-10/h1-5,10-13H,6-7H2. The average molecular weight is 223 g/mol. The van der Waals surface area contributed by atoms with Crippen molar-refractivity contribution in [2.24, 2.45) is 0 Å². The first-order valence-corrected chi connectivity index (χ1v) is 5.84. The van der Waals surface area contributed by atoms with Gasteiger partial charge >= 0.3 is 0 Å². The van der Waals surface area contributed by atoms with E-state index in [0.29, 0.717) is 5.75 Å². The highest BCUT2D eigenvalue weighted by Gasteiger charge is 2.15. The van der Waals surface area contributed by atoms with Gasteiger partial charge in [0.2, 0.25) is 0 Å². The molecule has 0 aliphatic carbocycles. The van der Waals surface area contributed by atoms with Gasteiger partial charge in [0, 0.05) is 12.1 Å². The number of ketones is 1. The van der Waals surface area contributed by atoms with E-state index in [9.17, 15) is 4.79 Å². The molecule has 1 unspecified atom stereocenters. The molecule has 1 aromatic carbocycles. The Morgan fingerprint density at radius 2 is 2.20 bits per heavy atom. The summed E-state index contributed by atoms with van der Waals surface area (Å²) in [6.07, 6.45) is 0. The van der Waals surface area contributed by atoms with Crippen LogP contribution in [0.25, 0.3) is 0 Å². The molecule has 1 aliphatic heterocycles. The van der Waals surface area contributed by atoms with Crippen molar-refractivity contribution in [1.82, 2.24) is 16.4 Å². The number of Topliss-reactive ketones (excluding diaryl/α,β-unsaturated/α-hetero) is 1. The molecule has 4 nitrogen and oxygen atoms in total. The molecule has 1 heterocycles. The van der Waals surface area contributed by atoms with Gasteiger partial charge in [-0.05, 0) is 0 Å². The molecule has 15 heavy (non-hydrogen) atoms. The van der Waals surface area contributed by atoms with Crippen LogP contribution in [0.1, 0.15) is 10.4 Å². The molecule has 80 valence electrons. The van der Waals surface area contributed by atoms with Crippen LogP contribution < -0.4 is 16.4 Å². The van der Waals surface area contributed by atoms with Crippen molar-refractivity contribution in [3.8, 4) is 0 Å². The summed E-state index contributed by atoms with van der Waals surface area (Å²) in [6, 6.07) is 9.38. The lowest BCUT2D eigenvalue weighted by molar-refractivity contribution is 0.102. The lowest BCUT2D eigenvalue weighted by atomic mass is 10.2. The number of hydrogen-bond acceptors (Lipinski definition) is 5. The zero-order valence-corrected chi connectivity index (χ0v) is 9.01. The molecular formula is C10H13N3OS. The Bertz CT molecular complexity index is 325. The van der Waals surface area contributed by atoms with E-state index in [-0.39, 0.29) is 11.2 Å². The number of carbonyl (C=O) groups is 1. The molecule has 5 heteroatoms. The van der Waals surface area contributed by atoms with Crippen molar-refractivity contribution >= 4 is 17.5 Å². The van der Waals surface area contributed by atoms with Gasteiger partial charge < -0.3 is 0 Å². The minimum Gasteiger partial charge on any atom is -0.293 e. The number of thioether (sulfide) groups is 1. The number of nitrogens with one attached hydrogen (secondary N) is 3. The third-order valence-electron chi connectivity index (χ3n) is 2.12. The Morgan fingerprint density at radius 3 is 2.87 bits per heavy atom. The highest BCUT2D eigenvalue weighted by atomic mass is 32.2. The Hall–Kier alpha value is -0.880. The van der Waals surface area contributed by atoms with Gasteiger partial charge in [-0.2, -0.15) is 5.53 Å². The van der Waals surface area contributed by atoms with Crippen molar-refractivity contribution in [1.29, 1.82) is 0 Å². The normalized spacial score (nSPS) is 20.4. The van der Waals surface area contributed by atoms with Crippen LogP contribution in [0.2, 0.25) is 0 Å². The van der Waals surface area contributed by atoms with Gasteiger partial charge in [-0.3, -0.25) is 4.79 Å². The van der Waals surface area contributed by atoms with E-state index >= 15 is 0 Å². The van der Waals surface area contributed by atoms with E-state index in [4.69, 9.17) is 0 Å². The van der Waals surface area contributed by atoms with Gasteiger partial charge in [0.25, 0.3) is 0 Å². The van der Waals surface area contributed by atoms with Gasteiger partial charge in [-0.1, -0.05) is 30.3 Å². The molecule has 1 saturated heterocycles. The monoisotopic (exact) mass is 223 g/mol. The largest absolute Gasteiger partial charge is 0.293 e. The van der Waals surface area contributed by atoms with E-state index in [0.717, 1.165) is 12.1 Å². The van der Waals surface area contributed by atoms with Crippen LogP contribution in [0, 0.1) is 0 Å². The molecule has 1 aromatic rings. The van der Waals surface area contributed by atoms with E-state index in [2.05, 4.69) is 16.4 Å². The van der Waals surface area contributed by atoms with E-state index in [1.165, 1.54) is 0 Å². The van der Waals surface area contributed by atoms with E-state index < -0.39 is 0 Å². The molecule has 0 aromatic heterocycles. The molecule has 1 atom stereocenters. The minimum absolute atomic E-state index is 0.175. The van der Waals surface area contributed by atoms with Gasteiger partial charge in [-0.15, -0.1) is 11.8 Å². The zero-order valence-electron chi connectivity index (χ0n) is 8.19. The fraction of sp³-hybridized carbons (Fsp3) is 0.300. The smallest absolute Gasteiger partial charge is 0.172 e. The Balaban J connectivity index is 1.82. The van der Waals surface area contributed by atoms with Crippen molar-refractivity contribution < 1.29 is 4.79 Å². The third-order valence-corrected chi connectivity index (χ3v) is 3.24. The van der Waals surface area contributed by atoms with E-state index in [1.54, 1.807) is 11.8 Å². The molecule has 3 N–H and O–H groups in total. The van der Waals surface area contributed by atoms with Crippen LogP contribution in [0.15, 0.2) is 30.3 Å². The van der Waals surface area contributed by atoms with Crippen molar-refractivity contribution in [3.63, 3.8) is 0 Å². The van der Waals surface area contributed by atoms with Crippen molar-refractivity contribution in [3.05, 3.63) is 35.9 Å². The Morgan fingerprint density at radius 1 is 1.40 bits per heavy atom. The van der Waals surface area contributed by atoms with Crippen LogP contribution in [-0.4, -0.2) is 23.5 Å².